The first-order valence-electron chi connectivity index (χ1n) is 6.71. The summed E-state index contributed by atoms with van der Waals surface area (Å²) < 4.78 is 6.60. The first-order valence-corrected chi connectivity index (χ1v) is 7.53. The Morgan fingerprint density at radius 2 is 2.23 bits per heavy atom. The van der Waals surface area contributed by atoms with Crippen molar-refractivity contribution in [3.05, 3.63) is 43.5 Å². The van der Waals surface area contributed by atoms with Gasteiger partial charge in [0, 0.05) is 6.42 Å². The number of benzene rings is 1. The molecule has 1 atom stereocenters. The van der Waals surface area contributed by atoms with Crippen molar-refractivity contribution in [1.82, 2.24) is 4.57 Å². The van der Waals surface area contributed by atoms with Crippen LogP contribution in [0.5, 0.6) is 11.5 Å². The van der Waals surface area contributed by atoms with Crippen LogP contribution in [-0.4, -0.2) is 28.7 Å². The van der Waals surface area contributed by atoms with Gasteiger partial charge in [-0.15, -0.1) is 0 Å². The number of rotatable bonds is 2. The lowest BCUT2D eigenvalue weighted by molar-refractivity contribution is 0.0877. The van der Waals surface area contributed by atoms with E-state index < -0.39 is 0 Å². The van der Waals surface area contributed by atoms with E-state index in [1.807, 2.05) is 6.92 Å². The molecule has 6 nitrogen and oxygen atoms in total. The molecule has 1 aromatic heterocycles. The number of carbonyl (C=O) groups is 1. The van der Waals surface area contributed by atoms with E-state index in [2.05, 4.69) is 4.99 Å². The number of thiazole rings is 1. The van der Waals surface area contributed by atoms with Gasteiger partial charge in [-0.2, -0.15) is 0 Å². The Labute approximate surface area is 129 Å². The highest BCUT2D eigenvalue weighted by atomic mass is 32.1. The quantitative estimate of drug-likeness (QED) is 0.874. The molecule has 0 bridgehead atoms. The smallest absolute Gasteiger partial charge is 0.277 e. The first-order chi connectivity index (χ1) is 10.5. The molecule has 1 aliphatic rings. The minimum absolute atomic E-state index is 0.0286. The monoisotopic (exact) mass is 318 g/mol. The molecular formula is C15H14N2O4S. The number of hydrogen-bond donors (Lipinski definition) is 1. The van der Waals surface area contributed by atoms with Crippen LogP contribution < -0.4 is 19.6 Å². The molecule has 114 valence electrons. The van der Waals surface area contributed by atoms with E-state index in [-0.39, 0.29) is 29.7 Å². The largest absolute Gasteiger partial charge is 0.504 e. The second-order valence-electron chi connectivity index (χ2n) is 5.04. The third-order valence-electron chi connectivity index (χ3n) is 3.36. The molecule has 1 aliphatic heterocycles. The van der Waals surface area contributed by atoms with Crippen LogP contribution in [0.2, 0.25) is 0 Å². The lowest BCUT2D eigenvalue weighted by Crippen LogP contribution is -2.40. The summed E-state index contributed by atoms with van der Waals surface area (Å²) in [6.45, 7) is 1.85. The molecule has 1 unspecified atom stereocenters. The average molecular weight is 318 g/mol. The van der Waals surface area contributed by atoms with Crippen LogP contribution in [-0.2, 0) is 0 Å². The topological polar surface area (TPSA) is 80.9 Å². The molecule has 0 aliphatic carbocycles. The van der Waals surface area contributed by atoms with Crippen LogP contribution in [0.25, 0.3) is 6.08 Å². The third kappa shape index (κ3) is 2.43. The van der Waals surface area contributed by atoms with Crippen LogP contribution in [0.1, 0.15) is 23.7 Å². The van der Waals surface area contributed by atoms with Crippen LogP contribution in [0.4, 0.5) is 0 Å². The Bertz CT molecular complexity index is 926. The number of phenolic OH excluding ortho intramolecular Hbond substituents is 1. The second-order valence-corrected chi connectivity index (χ2v) is 6.05. The van der Waals surface area contributed by atoms with Gasteiger partial charge < -0.3 is 9.84 Å². The van der Waals surface area contributed by atoms with Crippen molar-refractivity contribution in [1.29, 1.82) is 0 Å². The number of phenols is 1. The molecule has 0 saturated carbocycles. The van der Waals surface area contributed by atoms with E-state index in [9.17, 15) is 14.7 Å². The van der Waals surface area contributed by atoms with E-state index in [0.29, 0.717) is 20.6 Å². The summed E-state index contributed by atoms with van der Waals surface area (Å²) in [5.41, 5.74) is 0.346. The Morgan fingerprint density at radius 3 is 2.95 bits per heavy atom. The number of ether oxygens (including phenoxy) is 1. The van der Waals surface area contributed by atoms with E-state index >= 15 is 0 Å². The Kier molecular flexibility index (Phi) is 3.58. The molecule has 1 N–H and O–H groups in total. The number of nitrogens with zero attached hydrogens (tertiary/aromatic N) is 2. The van der Waals surface area contributed by atoms with Gasteiger partial charge in [0.05, 0.1) is 17.7 Å². The predicted molar refractivity (Wildman–Crippen MR) is 82.3 cm³/mol. The molecule has 0 spiro atoms. The van der Waals surface area contributed by atoms with E-state index in [1.54, 1.807) is 18.2 Å². The number of hydrogen-bond acceptors (Lipinski definition) is 6. The van der Waals surface area contributed by atoms with Gasteiger partial charge in [0.25, 0.3) is 5.56 Å². The molecule has 22 heavy (non-hydrogen) atoms. The van der Waals surface area contributed by atoms with Crippen molar-refractivity contribution >= 4 is 23.3 Å². The van der Waals surface area contributed by atoms with Crippen molar-refractivity contribution in [2.24, 2.45) is 4.99 Å². The van der Waals surface area contributed by atoms with Gasteiger partial charge in [-0.3, -0.25) is 14.6 Å². The maximum absolute atomic E-state index is 12.3. The fourth-order valence-corrected chi connectivity index (χ4v) is 3.37. The molecule has 0 amide bonds. The van der Waals surface area contributed by atoms with Gasteiger partial charge in [0.2, 0.25) is 5.91 Å². The highest BCUT2D eigenvalue weighted by Gasteiger charge is 2.20. The minimum atomic E-state index is -0.354. The summed E-state index contributed by atoms with van der Waals surface area (Å²) in [6.07, 6.45) is 1.91. The van der Waals surface area contributed by atoms with Crippen LogP contribution in [0, 0.1) is 0 Å². The number of aromatic hydroxyl groups is 1. The van der Waals surface area contributed by atoms with Gasteiger partial charge >= 0.3 is 0 Å². The van der Waals surface area contributed by atoms with Crippen molar-refractivity contribution in [3.8, 4) is 11.5 Å². The average Bonchev–Trinajstić information content (AvgIpc) is 2.77. The van der Waals surface area contributed by atoms with Crippen molar-refractivity contribution in [3.63, 3.8) is 0 Å². The normalized spacial score (nSPS) is 18.0. The number of methoxy groups -OCH3 is 1. The van der Waals surface area contributed by atoms with Gasteiger partial charge in [-0.05, 0) is 30.7 Å². The minimum Gasteiger partial charge on any atom is -0.504 e. The van der Waals surface area contributed by atoms with Gasteiger partial charge in [-0.25, -0.2) is 4.57 Å². The number of aromatic nitrogens is 1. The summed E-state index contributed by atoms with van der Waals surface area (Å²) in [7, 11) is 1.45. The molecule has 1 aromatic carbocycles. The molecule has 7 heteroatoms. The molecule has 2 heterocycles. The number of carbonyl (C=O) groups excluding carboxylic acids is 1. The van der Waals surface area contributed by atoms with Crippen molar-refractivity contribution in [2.45, 2.75) is 19.4 Å². The predicted octanol–water partition coefficient (Wildman–Crippen LogP) is 0.505. The Balaban J connectivity index is 2.18. The zero-order valence-corrected chi connectivity index (χ0v) is 12.9. The van der Waals surface area contributed by atoms with Gasteiger partial charge in [-0.1, -0.05) is 17.4 Å². The van der Waals surface area contributed by atoms with E-state index in [1.165, 1.54) is 24.5 Å². The molecule has 3 rings (SSSR count). The maximum Gasteiger partial charge on any atom is 0.277 e. The second kappa shape index (κ2) is 5.42. The molecular weight excluding hydrogens is 304 g/mol. The third-order valence-corrected chi connectivity index (χ3v) is 4.34. The molecule has 2 aromatic rings. The maximum atomic E-state index is 12.3. The molecule has 0 saturated heterocycles. The van der Waals surface area contributed by atoms with E-state index in [4.69, 9.17) is 4.74 Å². The molecule has 0 fully saturated rings. The van der Waals surface area contributed by atoms with E-state index in [0.717, 1.165) is 4.57 Å². The lowest BCUT2D eigenvalue weighted by Gasteiger charge is -2.09. The standard InChI is InChI=1S/C15H14N2O4S/c1-8-5-13(19)17-14(20)12(22-15(17)16-8)7-9-3-4-10(18)11(6-9)21-2/h3-4,6-8,18H,5H2,1-2H3. The Morgan fingerprint density at radius 1 is 1.45 bits per heavy atom. The summed E-state index contributed by atoms with van der Waals surface area (Å²) >= 11 is 1.19. The number of fused-ring (bicyclic) bond motifs is 1. The van der Waals surface area contributed by atoms with Crippen LogP contribution in [0.3, 0.4) is 0 Å². The summed E-state index contributed by atoms with van der Waals surface area (Å²) in [5, 5.41) is 9.59. The zero-order valence-electron chi connectivity index (χ0n) is 12.1. The van der Waals surface area contributed by atoms with Crippen molar-refractivity contribution in [2.75, 3.05) is 7.11 Å². The summed E-state index contributed by atoms with van der Waals surface area (Å²) in [5.74, 6) is 0.132. The van der Waals surface area contributed by atoms with Gasteiger partial charge in [0.1, 0.15) is 0 Å². The summed E-state index contributed by atoms with van der Waals surface area (Å²) in [4.78, 5) is 29.1. The van der Waals surface area contributed by atoms with Crippen LogP contribution in [0.15, 0.2) is 28.0 Å². The Hall–Kier alpha value is -2.41. The highest BCUT2D eigenvalue weighted by molar-refractivity contribution is 7.07. The van der Waals surface area contributed by atoms with Crippen LogP contribution >= 0.6 is 11.3 Å². The fourth-order valence-electron chi connectivity index (χ4n) is 2.29. The first kappa shape index (κ1) is 14.5. The fraction of sp³-hybridized carbons (Fsp3) is 0.267. The highest BCUT2D eigenvalue weighted by Crippen LogP contribution is 2.26. The van der Waals surface area contributed by atoms with Crippen molar-refractivity contribution < 1.29 is 14.6 Å². The molecule has 0 radical (unpaired) electrons. The lowest BCUT2D eigenvalue weighted by atomic mass is 10.2. The van der Waals surface area contributed by atoms with Gasteiger partial charge in [0.15, 0.2) is 16.3 Å². The summed E-state index contributed by atoms with van der Waals surface area (Å²) in [6, 6.07) is 4.68. The zero-order chi connectivity index (χ0) is 15.9. The SMILES string of the molecule is COc1cc(C=c2sc3n(c2=O)C(=O)CC(C)N=3)ccc1O.